The van der Waals surface area contributed by atoms with Crippen LogP contribution in [0, 0.1) is 17.8 Å². The van der Waals surface area contributed by atoms with Gasteiger partial charge in [-0.05, 0) is 31.2 Å². The van der Waals surface area contributed by atoms with E-state index in [2.05, 4.69) is 6.92 Å². The number of hydrogen-bond acceptors (Lipinski definition) is 3. The van der Waals surface area contributed by atoms with Crippen LogP contribution in [0.4, 0.5) is 0 Å². The molecule has 0 radical (unpaired) electrons. The van der Waals surface area contributed by atoms with Gasteiger partial charge in [0, 0.05) is 19.5 Å². The number of hydrogen-bond donors (Lipinski definition) is 2. The fraction of sp³-hybridized carbons (Fsp3) is 0.857. The minimum atomic E-state index is -0.794. The van der Waals surface area contributed by atoms with Gasteiger partial charge in [0.25, 0.3) is 0 Å². The summed E-state index contributed by atoms with van der Waals surface area (Å²) < 4.78 is 0. The summed E-state index contributed by atoms with van der Waals surface area (Å²) in [4.78, 5) is 24.8. The van der Waals surface area contributed by atoms with Crippen LogP contribution in [-0.4, -0.2) is 41.5 Å². The van der Waals surface area contributed by atoms with Crippen molar-refractivity contribution in [3.05, 3.63) is 0 Å². The van der Waals surface area contributed by atoms with Crippen molar-refractivity contribution in [2.24, 2.45) is 23.5 Å². The summed E-state index contributed by atoms with van der Waals surface area (Å²) in [6, 6.07) is 0. The van der Waals surface area contributed by atoms with Gasteiger partial charge in [-0.1, -0.05) is 20.3 Å². The SMILES string of the molecule is CCC(CCN)CCC(=O)N1C[C@@H](C)[C@H](C(=O)O)C1. The van der Waals surface area contributed by atoms with Gasteiger partial charge in [0.15, 0.2) is 0 Å². The number of carbonyl (C=O) groups excluding carboxylic acids is 1. The molecule has 1 amide bonds. The second-order valence-corrected chi connectivity index (χ2v) is 5.61. The molecule has 19 heavy (non-hydrogen) atoms. The highest BCUT2D eigenvalue weighted by Gasteiger charge is 2.36. The Labute approximate surface area is 115 Å². The molecule has 0 aromatic rings. The highest BCUT2D eigenvalue weighted by molar-refractivity contribution is 5.79. The van der Waals surface area contributed by atoms with Gasteiger partial charge in [0.05, 0.1) is 5.92 Å². The Bertz CT molecular complexity index is 320. The molecule has 0 bridgehead atoms. The number of nitrogens with two attached hydrogens (primary N) is 1. The van der Waals surface area contributed by atoms with Gasteiger partial charge in [-0.15, -0.1) is 0 Å². The largest absolute Gasteiger partial charge is 0.481 e. The van der Waals surface area contributed by atoms with Crippen LogP contribution in [-0.2, 0) is 9.59 Å². The summed E-state index contributed by atoms with van der Waals surface area (Å²) in [7, 11) is 0. The number of rotatable bonds is 7. The average molecular weight is 270 g/mol. The topological polar surface area (TPSA) is 83.6 Å². The lowest BCUT2D eigenvalue weighted by molar-refractivity contribution is -0.142. The lowest BCUT2D eigenvalue weighted by Gasteiger charge is -2.18. The van der Waals surface area contributed by atoms with Crippen molar-refractivity contribution in [2.75, 3.05) is 19.6 Å². The van der Waals surface area contributed by atoms with Crippen LogP contribution in [0.1, 0.15) is 39.5 Å². The number of carboxylic acids is 1. The zero-order valence-corrected chi connectivity index (χ0v) is 12.0. The number of likely N-dealkylation sites (tertiary alicyclic amines) is 1. The lowest BCUT2D eigenvalue weighted by atomic mass is 9.96. The van der Waals surface area contributed by atoms with Crippen molar-refractivity contribution in [3.8, 4) is 0 Å². The zero-order valence-electron chi connectivity index (χ0n) is 12.0. The standard InChI is InChI=1S/C14H26N2O3/c1-3-11(6-7-15)4-5-13(17)16-8-10(2)12(9-16)14(18)19/h10-12H,3-9,15H2,1-2H3,(H,18,19)/t10-,11?,12-/m1/s1. The first-order valence-corrected chi connectivity index (χ1v) is 7.20. The van der Waals surface area contributed by atoms with Crippen molar-refractivity contribution in [2.45, 2.75) is 39.5 Å². The lowest BCUT2D eigenvalue weighted by Crippen LogP contribution is -2.30. The van der Waals surface area contributed by atoms with Crippen LogP contribution < -0.4 is 5.73 Å². The number of amides is 1. The Kier molecular flexibility index (Phi) is 6.28. The molecule has 1 heterocycles. The summed E-state index contributed by atoms with van der Waals surface area (Å²) in [5.74, 6) is -0.560. The van der Waals surface area contributed by atoms with E-state index in [0.717, 1.165) is 19.3 Å². The third kappa shape index (κ3) is 4.49. The zero-order chi connectivity index (χ0) is 14.4. The van der Waals surface area contributed by atoms with E-state index in [1.54, 1.807) is 4.90 Å². The van der Waals surface area contributed by atoms with Crippen LogP contribution in [0.3, 0.4) is 0 Å². The second kappa shape index (κ2) is 7.48. The maximum absolute atomic E-state index is 12.1. The molecule has 3 atom stereocenters. The second-order valence-electron chi connectivity index (χ2n) is 5.61. The van der Waals surface area contributed by atoms with E-state index < -0.39 is 11.9 Å². The van der Waals surface area contributed by atoms with Crippen LogP contribution >= 0.6 is 0 Å². The Morgan fingerprint density at radius 1 is 1.37 bits per heavy atom. The summed E-state index contributed by atoms with van der Waals surface area (Å²) in [5.41, 5.74) is 5.54. The minimum Gasteiger partial charge on any atom is -0.481 e. The van der Waals surface area contributed by atoms with Crippen molar-refractivity contribution < 1.29 is 14.7 Å². The number of carboxylic acid groups (broad SMARTS) is 1. The van der Waals surface area contributed by atoms with E-state index in [9.17, 15) is 9.59 Å². The molecule has 1 fully saturated rings. The Hall–Kier alpha value is -1.10. The predicted molar refractivity (Wildman–Crippen MR) is 73.6 cm³/mol. The van der Waals surface area contributed by atoms with Gasteiger partial charge in [-0.2, -0.15) is 0 Å². The van der Waals surface area contributed by atoms with Gasteiger partial charge >= 0.3 is 5.97 Å². The van der Waals surface area contributed by atoms with Crippen molar-refractivity contribution in [3.63, 3.8) is 0 Å². The molecule has 1 unspecified atom stereocenters. The van der Waals surface area contributed by atoms with E-state index in [4.69, 9.17) is 10.8 Å². The van der Waals surface area contributed by atoms with Gasteiger partial charge in [0.2, 0.25) is 5.91 Å². The van der Waals surface area contributed by atoms with Crippen molar-refractivity contribution in [1.29, 1.82) is 0 Å². The molecule has 0 saturated carbocycles. The summed E-state index contributed by atoms with van der Waals surface area (Å²) in [6.45, 7) is 5.61. The summed E-state index contributed by atoms with van der Waals surface area (Å²) in [6.07, 6.45) is 3.36. The van der Waals surface area contributed by atoms with Crippen LogP contribution in [0.2, 0.25) is 0 Å². The maximum Gasteiger partial charge on any atom is 0.308 e. The first kappa shape index (κ1) is 16.0. The molecule has 0 aromatic heterocycles. The molecule has 1 aliphatic rings. The quantitative estimate of drug-likeness (QED) is 0.731. The molecular weight excluding hydrogens is 244 g/mol. The Morgan fingerprint density at radius 3 is 2.53 bits per heavy atom. The summed E-state index contributed by atoms with van der Waals surface area (Å²) in [5, 5.41) is 9.06. The van der Waals surface area contributed by atoms with E-state index in [1.165, 1.54) is 0 Å². The molecule has 0 spiro atoms. The molecule has 1 rings (SSSR count). The Balaban J connectivity index is 2.40. The smallest absolute Gasteiger partial charge is 0.308 e. The average Bonchev–Trinajstić information content (AvgIpc) is 2.76. The summed E-state index contributed by atoms with van der Waals surface area (Å²) >= 11 is 0. The minimum absolute atomic E-state index is 0.0486. The molecule has 0 aromatic carbocycles. The Morgan fingerprint density at radius 2 is 2.05 bits per heavy atom. The fourth-order valence-electron chi connectivity index (χ4n) is 2.77. The molecule has 1 saturated heterocycles. The number of carbonyl (C=O) groups is 2. The molecule has 5 heteroatoms. The van der Waals surface area contributed by atoms with Crippen LogP contribution in [0.25, 0.3) is 0 Å². The third-order valence-electron chi connectivity index (χ3n) is 4.20. The molecule has 0 aliphatic carbocycles. The highest BCUT2D eigenvalue weighted by Crippen LogP contribution is 2.24. The first-order valence-electron chi connectivity index (χ1n) is 7.20. The van der Waals surface area contributed by atoms with Gasteiger partial charge in [0.1, 0.15) is 0 Å². The van der Waals surface area contributed by atoms with E-state index >= 15 is 0 Å². The number of aliphatic carboxylic acids is 1. The predicted octanol–water partition coefficient (Wildman–Crippen LogP) is 1.32. The van der Waals surface area contributed by atoms with E-state index in [-0.39, 0.29) is 11.8 Å². The van der Waals surface area contributed by atoms with Gasteiger partial charge in [-0.3, -0.25) is 9.59 Å². The van der Waals surface area contributed by atoms with Crippen molar-refractivity contribution in [1.82, 2.24) is 4.90 Å². The van der Waals surface area contributed by atoms with Crippen LogP contribution in [0.5, 0.6) is 0 Å². The third-order valence-corrected chi connectivity index (χ3v) is 4.20. The molecular formula is C14H26N2O3. The maximum atomic E-state index is 12.1. The molecule has 1 aliphatic heterocycles. The molecule has 110 valence electrons. The molecule has 3 N–H and O–H groups in total. The normalized spacial score (nSPS) is 24.5. The van der Waals surface area contributed by atoms with Gasteiger partial charge in [-0.25, -0.2) is 0 Å². The fourth-order valence-corrected chi connectivity index (χ4v) is 2.77. The van der Waals surface area contributed by atoms with Crippen molar-refractivity contribution >= 4 is 11.9 Å². The monoisotopic (exact) mass is 270 g/mol. The number of nitrogens with zero attached hydrogens (tertiary/aromatic N) is 1. The van der Waals surface area contributed by atoms with E-state index in [1.807, 2.05) is 6.92 Å². The molecule has 5 nitrogen and oxygen atoms in total. The van der Waals surface area contributed by atoms with Crippen LogP contribution in [0.15, 0.2) is 0 Å². The van der Waals surface area contributed by atoms with E-state index in [0.29, 0.717) is 32.0 Å². The highest BCUT2D eigenvalue weighted by atomic mass is 16.4. The van der Waals surface area contributed by atoms with Gasteiger partial charge < -0.3 is 15.7 Å². The first-order chi connectivity index (χ1) is 8.99.